The lowest BCUT2D eigenvalue weighted by molar-refractivity contribution is 0.131. The van der Waals surface area contributed by atoms with Crippen molar-refractivity contribution in [3.05, 3.63) is 0 Å². The van der Waals surface area contributed by atoms with Gasteiger partial charge in [0.05, 0.1) is 0 Å². The van der Waals surface area contributed by atoms with Crippen molar-refractivity contribution in [1.29, 1.82) is 0 Å². The lowest BCUT2D eigenvalue weighted by Crippen LogP contribution is -2.59. The van der Waals surface area contributed by atoms with E-state index in [9.17, 15) is 9.59 Å². The molecule has 4 amide bonds. The van der Waals surface area contributed by atoms with Crippen molar-refractivity contribution in [2.24, 2.45) is 5.92 Å². The molecule has 0 atom stereocenters. The first-order valence-corrected chi connectivity index (χ1v) is 10.2. The predicted molar refractivity (Wildman–Crippen MR) is 98.5 cm³/mol. The van der Waals surface area contributed by atoms with E-state index in [-0.39, 0.29) is 17.6 Å². The minimum absolute atomic E-state index is 0.0664. The molecule has 2 aliphatic carbocycles. The van der Waals surface area contributed by atoms with E-state index in [1.54, 1.807) is 0 Å². The number of amides is 4. The molecule has 1 saturated heterocycles. The third-order valence-electron chi connectivity index (χ3n) is 6.03. The first kappa shape index (κ1) is 18.3. The number of nitrogens with one attached hydrogen (secondary N) is 3. The molecule has 3 rings (SSSR count). The first-order chi connectivity index (χ1) is 12.1. The standard InChI is InChI=1S/C19H34N4O2/c1-2-20-17(24)22-19(14-15-8-9-15)10-12-23(13-11-19)18(25)21-16-6-4-3-5-7-16/h15-16H,2-14H2,1H3,(H,21,25)(H2,20,22,24). The van der Waals surface area contributed by atoms with Crippen LogP contribution in [-0.4, -0.2) is 48.2 Å². The molecular formula is C19H34N4O2. The van der Waals surface area contributed by atoms with Gasteiger partial charge in [-0.3, -0.25) is 0 Å². The van der Waals surface area contributed by atoms with Gasteiger partial charge in [-0.25, -0.2) is 9.59 Å². The molecule has 3 aliphatic rings. The summed E-state index contributed by atoms with van der Waals surface area (Å²) in [6.07, 6.45) is 11.3. The van der Waals surface area contributed by atoms with E-state index in [1.165, 1.54) is 32.1 Å². The second kappa shape index (κ2) is 8.28. The molecule has 142 valence electrons. The minimum Gasteiger partial charge on any atom is -0.338 e. The summed E-state index contributed by atoms with van der Waals surface area (Å²) in [4.78, 5) is 26.6. The highest BCUT2D eigenvalue weighted by Crippen LogP contribution is 2.40. The highest BCUT2D eigenvalue weighted by molar-refractivity contribution is 5.76. The Balaban J connectivity index is 1.51. The molecule has 1 aliphatic heterocycles. The van der Waals surface area contributed by atoms with Gasteiger partial charge < -0.3 is 20.9 Å². The monoisotopic (exact) mass is 350 g/mol. The van der Waals surface area contributed by atoms with Gasteiger partial charge in [-0.2, -0.15) is 0 Å². The molecule has 3 fully saturated rings. The van der Waals surface area contributed by atoms with Crippen LogP contribution in [0, 0.1) is 5.92 Å². The van der Waals surface area contributed by atoms with E-state index < -0.39 is 0 Å². The van der Waals surface area contributed by atoms with Crippen molar-refractivity contribution >= 4 is 12.1 Å². The molecule has 0 spiro atoms. The van der Waals surface area contributed by atoms with Gasteiger partial charge in [-0.05, 0) is 44.9 Å². The number of nitrogens with zero attached hydrogens (tertiary/aromatic N) is 1. The Hall–Kier alpha value is -1.46. The number of hydrogen-bond acceptors (Lipinski definition) is 2. The van der Waals surface area contributed by atoms with Crippen molar-refractivity contribution in [2.45, 2.75) is 82.7 Å². The van der Waals surface area contributed by atoms with Gasteiger partial charge in [0.15, 0.2) is 0 Å². The summed E-state index contributed by atoms with van der Waals surface area (Å²) < 4.78 is 0. The van der Waals surface area contributed by atoms with Gasteiger partial charge in [0.1, 0.15) is 0 Å². The molecular weight excluding hydrogens is 316 g/mol. The van der Waals surface area contributed by atoms with Gasteiger partial charge in [0.2, 0.25) is 0 Å². The van der Waals surface area contributed by atoms with Crippen LogP contribution in [0.4, 0.5) is 9.59 Å². The molecule has 0 radical (unpaired) electrons. The van der Waals surface area contributed by atoms with Crippen LogP contribution in [0.1, 0.15) is 71.1 Å². The largest absolute Gasteiger partial charge is 0.338 e. The Kier molecular flexibility index (Phi) is 6.07. The Labute approximate surface area is 151 Å². The number of carbonyl (C=O) groups excluding carboxylic acids is 2. The summed E-state index contributed by atoms with van der Waals surface area (Å²) in [6.45, 7) is 4.04. The fourth-order valence-electron chi connectivity index (χ4n) is 4.35. The molecule has 0 aromatic heterocycles. The topological polar surface area (TPSA) is 73.5 Å². The highest BCUT2D eigenvalue weighted by Gasteiger charge is 2.41. The predicted octanol–water partition coefficient (Wildman–Crippen LogP) is 2.98. The molecule has 0 aromatic carbocycles. The molecule has 6 heteroatoms. The van der Waals surface area contributed by atoms with Crippen molar-refractivity contribution in [3.63, 3.8) is 0 Å². The van der Waals surface area contributed by atoms with Crippen molar-refractivity contribution in [2.75, 3.05) is 19.6 Å². The number of rotatable bonds is 5. The van der Waals surface area contributed by atoms with Gasteiger partial charge in [0.25, 0.3) is 0 Å². The second-order valence-electron chi connectivity index (χ2n) is 8.18. The third-order valence-corrected chi connectivity index (χ3v) is 6.03. The summed E-state index contributed by atoms with van der Waals surface area (Å²) >= 11 is 0. The molecule has 2 saturated carbocycles. The zero-order valence-electron chi connectivity index (χ0n) is 15.6. The SMILES string of the molecule is CCNC(=O)NC1(CC2CC2)CCN(C(=O)NC2CCCCC2)CC1. The second-order valence-corrected chi connectivity index (χ2v) is 8.18. The zero-order valence-corrected chi connectivity index (χ0v) is 15.6. The molecule has 6 nitrogen and oxygen atoms in total. The molecule has 25 heavy (non-hydrogen) atoms. The van der Waals surface area contributed by atoms with Crippen LogP contribution in [0.3, 0.4) is 0 Å². The summed E-state index contributed by atoms with van der Waals surface area (Å²) in [7, 11) is 0. The van der Waals surface area contributed by atoms with E-state index in [4.69, 9.17) is 0 Å². The average Bonchev–Trinajstić information content (AvgIpc) is 3.40. The maximum absolute atomic E-state index is 12.6. The van der Waals surface area contributed by atoms with Crippen LogP contribution in [0.5, 0.6) is 0 Å². The lowest BCUT2D eigenvalue weighted by Gasteiger charge is -2.43. The fourth-order valence-corrected chi connectivity index (χ4v) is 4.35. The molecule has 3 N–H and O–H groups in total. The van der Waals surface area contributed by atoms with Crippen LogP contribution in [0.2, 0.25) is 0 Å². The highest BCUT2D eigenvalue weighted by atomic mass is 16.2. The van der Waals surface area contributed by atoms with Gasteiger partial charge >= 0.3 is 12.1 Å². The summed E-state index contributed by atoms with van der Waals surface area (Å²) in [5.74, 6) is 0.754. The van der Waals surface area contributed by atoms with Crippen LogP contribution in [0.25, 0.3) is 0 Å². The summed E-state index contributed by atoms with van der Waals surface area (Å²) in [6, 6.07) is 0.376. The Bertz CT molecular complexity index is 464. The molecule has 0 aromatic rings. The van der Waals surface area contributed by atoms with Gasteiger partial charge in [-0.1, -0.05) is 32.1 Å². The first-order valence-electron chi connectivity index (χ1n) is 10.2. The number of piperidine rings is 1. The Morgan fingerprint density at radius 2 is 1.72 bits per heavy atom. The van der Waals surface area contributed by atoms with Crippen LogP contribution >= 0.6 is 0 Å². The van der Waals surface area contributed by atoms with Crippen LogP contribution < -0.4 is 16.0 Å². The fraction of sp³-hybridized carbons (Fsp3) is 0.895. The number of carbonyl (C=O) groups is 2. The van der Waals surface area contributed by atoms with Crippen LogP contribution in [0.15, 0.2) is 0 Å². The van der Waals surface area contributed by atoms with E-state index in [0.717, 1.165) is 51.1 Å². The van der Waals surface area contributed by atoms with Crippen molar-refractivity contribution in [1.82, 2.24) is 20.9 Å². The maximum atomic E-state index is 12.6. The van der Waals surface area contributed by atoms with E-state index in [2.05, 4.69) is 16.0 Å². The van der Waals surface area contributed by atoms with E-state index >= 15 is 0 Å². The van der Waals surface area contributed by atoms with E-state index in [0.29, 0.717) is 12.6 Å². The normalized spacial score (nSPS) is 23.8. The zero-order chi connectivity index (χ0) is 17.7. The molecule has 0 unspecified atom stereocenters. The van der Waals surface area contributed by atoms with Gasteiger partial charge in [-0.15, -0.1) is 0 Å². The number of urea groups is 2. The quantitative estimate of drug-likeness (QED) is 0.713. The van der Waals surface area contributed by atoms with E-state index in [1.807, 2.05) is 11.8 Å². The number of likely N-dealkylation sites (tertiary alicyclic amines) is 1. The summed E-state index contributed by atoms with van der Waals surface area (Å²) in [5, 5.41) is 9.31. The smallest absolute Gasteiger partial charge is 0.317 e. The average molecular weight is 351 g/mol. The molecule has 0 bridgehead atoms. The van der Waals surface area contributed by atoms with Crippen molar-refractivity contribution < 1.29 is 9.59 Å². The van der Waals surface area contributed by atoms with Gasteiger partial charge in [0, 0.05) is 31.2 Å². The Morgan fingerprint density at radius 1 is 1.04 bits per heavy atom. The minimum atomic E-state index is -0.137. The number of hydrogen-bond donors (Lipinski definition) is 3. The maximum Gasteiger partial charge on any atom is 0.317 e. The summed E-state index contributed by atoms with van der Waals surface area (Å²) in [5.41, 5.74) is -0.137. The lowest BCUT2D eigenvalue weighted by atomic mass is 9.82. The van der Waals surface area contributed by atoms with Crippen LogP contribution in [-0.2, 0) is 0 Å². The van der Waals surface area contributed by atoms with Crippen molar-refractivity contribution in [3.8, 4) is 0 Å². The third kappa shape index (κ3) is 5.25. The molecule has 1 heterocycles. The Morgan fingerprint density at radius 3 is 2.32 bits per heavy atom.